The van der Waals surface area contributed by atoms with Crippen LogP contribution in [-0.2, 0) is 24.2 Å². The van der Waals surface area contributed by atoms with Gasteiger partial charge in [-0.2, -0.15) is 5.48 Å². The molecule has 3 N–H and O–H groups in total. The molecule has 0 saturated carbocycles. The number of nitrogens with zero attached hydrogens (tertiary/aromatic N) is 1. The number of benzene rings is 3. The highest BCUT2D eigenvalue weighted by Gasteiger charge is 2.42. The van der Waals surface area contributed by atoms with E-state index < -0.39 is 45.0 Å². The molecule has 0 radical (unpaired) electrons. The summed E-state index contributed by atoms with van der Waals surface area (Å²) in [5, 5.41) is 11.7. The van der Waals surface area contributed by atoms with Crippen LogP contribution in [0.1, 0.15) is 77.2 Å². The third-order valence-electron chi connectivity index (χ3n) is 8.96. The molecule has 264 valence electrons. The standard InChI is InChI=1S/C37H47N3O7S2/c1-5-7-19-37(20-8-6-2)24-40(28-17-13-10-14-18-28)30-22-32(48-4)31(23-33(30)49(45,46)25-37)47-39-34(41)21-29(27-15-11-9-12-16-27)35(42)38-26(3)36(43)44/h9-18,22-23,26,29H,5-8,19-21,24-25H2,1-4H3,(H,38,42)(H,39,41)(H,43,44). The summed E-state index contributed by atoms with van der Waals surface area (Å²) in [6, 6.07) is 20.6. The molecule has 2 unspecified atom stereocenters. The van der Waals surface area contributed by atoms with E-state index in [1.165, 1.54) is 24.8 Å². The van der Waals surface area contributed by atoms with Crippen LogP contribution in [0, 0.1) is 5.41 Å². The minimum absolute atomic E-state index is 0.00335. The predicted molar refractivity (Wildman–Crippen MR) is 193 cm³/mol. The van der Waals surface area contributed by atoms with Gasteiger partial charge in [-0.05, 0) is 49.8 Å². The summed E-state index contributed by atoms with van der Waals surface area (Å²) >= 11 is 1.36. The number of thioether (sulfide) groups is 1. The van der Waals surface area contributed by atoms with E-state index in [4.69, 9.17) is 4.84 Å². The van der Waals surface area contributed by atoms with Crippen LogP contribution in [-0.4, -0.2) is 55.9 Å². The van der Waals surface area contributed by atoms with Gasteiger partial charge in [0.1, 0.15) is 6.04 Å². The lowest BCUT2D eigenvalue weighted by Gasteiger charge is -2.37. The lowest BCUT2D eigenvalue weighted by molar-refractivity contribution is -0.141. The van der Waals surface area contributed by atoms with Gasteiger partial charge >= 0.3 is 5.97 Å². The first kappa shape index (κ1) is 37.8. The first-order valence-electron chi connectivity index (χ1n) is 16.7. The summed E-state index contributed by atoms with van der Waals surface area (Å²) in [7, 11) is -3.80. The van der Waals surface area contributed by atoms with E-state index in [0.29, 0.717) is 22.7 Å². The van der Waals surface area contributed by atoms with Crippen LogP contribution in [0.5, 0.6) is 5.75 Å². The Morgan fingerprint density at radius 2 is 1.59 bits per heavy atom. The molecule has 0 spiro atoms. The Morgan fingerprint density at radius 3 is 2.16 bits per heavy atom. The van der Waals surface area contributed by atoms with Crippen LogP contribution in [0.2, 0.25) is 0 Å². The predicted octanol–water partition coefficient (Wildman–Crippen LogP) is 6.87. The fraction of sp³-hybridized carbons (Fsp3) is 0.432. The van der Waals surface area contributed by atoms with Crippen molar-refractivity contribution in [3.63, 3.8) is 0 Å². The van der Waals surface area contributed by atoms with E-state index >= 15 is 0 Å². The minimum Gasteiger partial charge on any atom is -0.480 e. The molecule has 2 atom stereocenters. The maximum absolute atomic E-state index is 14.4. The average molecular weight is 710 g/mol. The molecule has 0 aliphatic carbocycles. The number of carboxylic acid groups (broad SMARTS) is 1. The van der Waals surface area contributed by atoms with Crippen molar-refractivity contribution in [1.82, 2.24) is 10.8 Å². The van der Waals surface area contributed by atoms with Crippen molar-refractivity contribution in [2.45, 2.75) is 87.5 Å². The van der Waals surface area contributed by atoms with Crippen LogP contribution in [0.3, 0.4) is 0 Å². The second-order valence-electron chi connectivity index (χ2n) is 12.7. The average Bonchev–Trinajstić information content (AvgIpc) is 3.19. The highest BCUT2D eigenvalue weighted by molar-refractivity contribution is 7.98. The Bertz CT molecular complexity index is 1690. The topological polar surface area (TPSA) is 142 Å². The second-order valence-corrected chi connectivity index (χ2v) is 15.5. The lowest BCUT2D eigenvalue weighted by Crippen LogP contribution is -2.42. The molecule has 4 rings (SSSR count). The number of aliphatic carboxylic acids is 1. The third-order valence-corrected chi connectivity index (χ3v) is 11.7. The van der Waals surface area contributed by atoms with E-state index in [0.717, 1.165) is 44.2 Å². The number of hydroxylamine groups is 1. The number of amides is 2. The summed E-state index contributed by atoms with van der Waals surface area (Å²) in [6.45, 7) is 6.14. The zero-order valence-corrected chi connectivity index (χ0v) is 30.2. The summed E-state index contributed by atoms with van der Waals surface area (Å²) in [5.74, 6) is -3.27. The molecule has 12 heteroatoms. The number of para-hydroxylation sites is 1. The first-order chi connectivity index (χ1) is 23.4. The summed E-state index contributed by atoms with van der Waals surface area (Å²) in [5.41, 5.74) is 3.95. The van der Waals surface area contributed by atoms with Gasteiger partial charge in [-0.1, -0.05) is 88.1 Å². The number of fused-ring (bicyclic) bond motifs is 1. The van der Waals surface area contributed by atoms with E-state index in [-0.39, 0.29) is 22.8 Å². The number of rotatable bonds is 16. The summed E-state index contributed by atoms with van der Waals surface area (Å²) in [4.78, 5) is 46.4. The number of nitrogens with one attached hydrogen (secondary N) is 2. The third kappa shape index (κ3) is 9.57. The van der Waals surface area contributed by atoms with Gasteiger partial charge in [0.2, 0.25) is 5.91 Å². The van der Waals surface area contributed by atoms with Crippen LogP contribution >= 0.6 is 11.8 Å². The molecular formula is C37H47N3O7S2. The van der Waals surface area contributed by atoms with Gasteiger partial charge in [0, 0.05) is 30.1 Å². The number of carbonyl (C=O) groups is 3. The maximum atomic E-state index is 14.4. The summed E-state index contributed by atoms with van der Waals surface area (Å²) in [6.07, 6.45) is 6.86. The maximum Gasteiger partial charge on any atom is 0.325 e. The fourth-order valence-corrected chi connectivity index (χ4v) is 8.96. The molecule has 0 aromatic heterocycles. The van der Waals surface area contributed by atoms with Gasteiger partial charge in [-0.25, -0.2) is 8.42 Å². The molecule has 0 fully saturated rings. The minimum atomic E-state index is -3.80. The van der Waals surface area contributed by atoms with Gasteiger partial charge in [-0.3, -0.25) is 14.4 Å². The number of hydrogen-bond acceptors (Lipinski definition) is 8. The number of anilines is 2. The zero-order chi connectivity index (χ0) is 35.6. The molecule has 3 aromatic carbocycles. The van der Waals surface area contributed by atoms with Crippen LogP contribution in [0.15, 0.2) is 82.6 Å². The molecule has 0 saturated heterocycles. The molecule has 10 nitrogen and oxygen atoms in total. The Balaban J connectivity index is 1.68. The second kappa shape index (κ2) is 17.1. The van der Waals surface area contributed by atoms with E-state index in [1.807, 2.05) is 42.7 Å². The van der Waals surface area contributed by atoms with Crippen molar-refractivity contribution in [3.05, 3.63) is 78.4 Å². The number of hydrogen-bond donors (Lipinski definition) is 3. The highest BCUT2D eigenvalue weighted by atomic mass is 32.2. The Labute approximate surface area is 293 Å². The lowest BCUT2D eigenvalue weighted by atomic mass is 9.79. The van der Waals surface area contributed by atoms with Gasteiger partial charge in [-0.15, -0.1) is 11.8 Å². The van der Waals surface area contributed by atoms with Crippen molar-refractivity contribution >= 4 is 50.8 Å². The largest absolute Gasteiger partial charge is 0.480 e. The number of sulfone groups is 1. The van der Waals surface area contributed by atoms with Gasteiger partial charge in [0.15, 0.2) is 15.6 Å². The van der Waals surface area contributed by atoms with Crippen molar-refractivity contribution in [2.24, 2.45) is 5.41 Å². The quantitative estimate of drug-likeness (QED) is 0.107. The Morgan fingerprint density at radius 1 is 0.980 bits per heavy atom. The molecule has 1 heterocycles. The van der Waals surface area contributed by atoms with Gasteiger partial charge in [0.25, 0.3) is 5.91 Å². The summed E-state index contributed by atoms with van der Waals surface area (Å²) < 4.78 is 28.7. The molecule has 49 heavy (non-hydrogen) atoms. The SMILES string of the molecule is CCCCC1(CCCC)CN(c2ccccc2)c2cc(SC)c(ONC(=O)CC(C(=O)NC(C)C(=O)O)c3ccccc3)cc2S(=O)(=O)C1. The number of carboxylic acids is 1. The molecule has 1 aliphatic heterocycles. The van der Waals surface area contributed by atoms with Crippen molar-refractivity contribution in [2.75, 3.05) is 23.5 Å². The van der Waals surface area contributed by atoms with Crippen molar-refractivity contribution in [1.29, 1.82) is 0 Å². The molecular weight excluding hydrogens is 663 g/mol. The molecule has 0 bridgehead atoms. The fourth-order valence-electron chi connectivity index (χ4n) is 6.31. The van der Waals surface area contributed by atoms with Crippen LogP contribution in [0.4, 0.5) is 11.4 Å². The van der Waals surface area contributed by atoms with E-state index in [1.54, 1.807) is 30.3 Å². The number of carbonyl (C=O) groups excluding carboxylic acids is 2. The van der Waals surface area contributed by atoms with Crippen molar-refractivity contribution < 1.29 is 32.7 Å². The smallest absolute Gasteiger partial charge is 0.325 e. The molecule has 2 amide bonds. The van der Waals surface area contributed by atoms with Crippen LogP contribution < -0.4 is 20.5 Å². The van der Waals surface area contributed by atoms with Crippen molar-refractivity contribution in [3.8, 4) is 5.75 Å². The number of unbranched alkanes of at least 4 members (excludes halogenated alkanes) is 2. The molecule has 1 aliphatic rings. The normalized spacial score (nSPS) is 16.0. The zero-order valence-electron chi connectivity index (χ0n) is 28.6. The van der Waals surface area contributed by atoms with E-state index in [9.17, 15) is 27.9 Å². The monoisotopic (exact) mass is 709 g/mol. The van der Waals surface area contributed by atoms with Gasteiger partial charge < -0.3 is 20.2 Å². The van der Waals surface area contributed by atoms with E-state index in [2.05, 4.69) is 29.5 Å². The highest BCUT2D eigenvalue weighted by Crippen LogP contribution is 2.47. The Kier molecular flexibility index (Phi) is 13.2. The van der Waals surface area contributed by atoms with Crippen LogP contribution in [0.25, 0.3) is 0 Å². The Hall–Kier alpha value is -4.03. The first-order valence-corrected chi connectivity index (χ1v) is 19.6. The van der Waals surface area contributed by atoms with Gasteiger partial charge in [0.05, 0.1) is 27.1 Å². The molecule has 3 aromatic rings.